The lowest BCUT2D eigenvalue weighted by atomic mass is 10.3. The summed E-state index contributed by atoms with van der Waals surface area (Å²) >= 11 is 1.66. The van der Waals surface area contributed by atoms with Crippen LogP contribution < -0.4 is 16.0 Å². The standard InChI is InChI=1S/C14H21N3O2S/c1-4-15-13(18)10(3)16-14(19)17-11-8-6-7-9-12(11)20-5-2/h6-10H,4-5H2,1-3H3,(H,15,18)(H2,16,17,19)/t10-/m0/s1. The number of rotatable bonds is 6. The van der Waals surface area contributed by atoms with Gasteiger partial charge in [0.2, 0.25) is 5.91 Å². The second kappa shape index (κ2) is 8.47. The second-order valence-corrected chi connectivity index (χ2v) is 5.45. The Labute approximate surface area is 123 Å². The van der Waals surface area contributed by atoms with E-state index < -0.39 is 6.04 Å². The number of carbonyl (C=O) groups is 2. The van der Waals surface area contributed by atoms with Crippen LogP contribution >= 0.6 is 11.8 Å². The van der Waals surface area contributed by atoms with Gasteiger partial charge in [-0.1, -0.05) is 19.1 Å². The van der Waals surface area contributed by atoms with Gasteiger partial charge in [-0.15, -0.1) is 11.8 Å². The molecule has 3 amide bonds. The maximum Gasteiger partial charge on any atom is 0.319 e. The molecule has 0 aliphatic rings. The lowest BCUT2D eigenvalue weighted by molar-refractivity contribution is -0.122. The minimum Gasteiger partial charge on any atom is -0.355 e. The third-order valence-corrected chi connectivity index (χ3v) is 3.48. The predicted molar refractivity (Wildman–Crippen MR) is 83.1 cm³/mol. The van der Waals surface area contributed by atoms with Crippen molar-refractivity contribution < 1.29 is 9.59 Å². The fourth-order valence-electron chi connectivity index (χ4n) is 1.60. The average molecular weight is 295 g/mol. The molecule has 1 aromatic carbocycles. The smallest absolute Gasteiger partial charge is 0.319 e. The predicted octanol–water partition coefficient (Wildman–Crippen LogP) is 2.44. The van der Waals surface area contributed by atoms with E-state index in [1.807, 2.05) is 31.2 Å². The molecule has 0 aromatic heterocycles. The number of nitrogens with one attached hydrogen (secondary N) is 3. The molecule has 0 radical (unpaired) electrons. The second-order valence-electron chi connectivity index (χ2n) is 4.14. The van der Waals surface area contributed by atoms with Crippen molar-refractivity contribution in [2.45, 2.75) is 31.7 Å². The highest BCUT2D eigenvalue weighted by molar-refractivity contribution is 7.99. The first-order chi connectivity index (χ1) is 9.58. The van der Waals surface area contributed by atoms with Gasteiger partial charge < -0.3 is 16.0 Å². The number of thioether (sulfide) groups is 1. The maximum atomic E-state index is 11.9. The lowest BCUT2D eigenvalue weighted by Gasteiger charge is -2.15. The van der Waals surface area contributed by atoms with Crippen molar-refractivity contribution in [2.24, 2.45) is 0 Å². The van der Waals surface area contributed by atoms with Gasteiger partial charge in [0.05, 0.1) is 5.69 Å². The fourth-order valence-corrected chi connectivity index (χ4v) is 2.36. The molecule has 0 unspecified atom stereocenters. The first-order valence-electron chi connectivity index (χ1n) is 6.65. The largest absolute Gasteiger partial charge is 0.355 e. The monoisotopic (exact) mass is 295 g/mol. The first kappa shape index (κ1) is 16.4. The van der Waals surface area contributed by atoms with Crippen LogP contribution in [-0.2, 0) is 4.79 Å². The molecule has 1 rings (SSSR count). The Kier molecular flexibility index (Phi) is 6.93. The highest BCUT2D eigenvalue weighted by atomic mass is 32.2. The molecule has 0 spiro atoms. The van der Waals surface area contributed by atoms with E-state index in [2.05, 4.69) is 22.9 Å². The quantitative estimate of drug-likeness (QED) is 0.706. The first-order valence-corrected chi connectivity index (χ1v) is 7.64. The Morgan fingerprint density at radius 1 is 1.25 bits per heavy atom. The normalized spacial score (nSPS) is 11.6. The van der Waals surface area contributed by atoms with Crippen molar-refractivity contribution in [3.05, 3.63) is 24.3 Å². The maximum absolute atomic E-state index is 11.9. The molecule has 0 aliphatic heterocycles. The highest BCUT2D eigenvalue weighted by Crippen LogP contribution is 2.26. The van der Waals surface area contributed by atoms with Crippen LogP contribution in [0.1, 0.15) is 20.8 Å². The molecule has 0 bridgehead atoms. The molecule has 1 aromatic rings. The Bertz CT molecular complexity index is 465. The number of carbonyl (C=O) groups excluding carboxylic acids is 2. The van der Waals surface area contributed by atoms with Gasteiger partial charge in [0.15, 0.2) is 0 Å². The third kappa shape index (κ3) is 5.13. The zero-order valence-electron chi connectivity index (χ0n) is 12.0. The van der Waals surface area contributed by atoms with Gasteiger partial charge in [0, 0.05) is 11.4 Å². The topological polar surface area (TPSA) is 70.2 Å². The number of para-hydroxylation sites is 1. The van der Waals surface area contributed by atoms with E-state index in [0.29, 0.717) is 6.54 Å². The summed E-state index contributed by atoms with van der Waals surface area (Å²) < 4.78 is 0. The van der Waals surface area contributed by atoms with Crippen LogP contribution in [0.3, 0.4) is 0 Å². The zero-order valence-corrected chi connectivity index (χ0v) is 12.8. The zero-order chi connectivity index (χ0) is 15.0. The van der Waals surface area contributed by atoms with E-state index in [1.54, 1.807) is 18.7 Å². The van der Waals surface area contributed by atoms with Crippen molar-refractivity contribution in [3.63, 3.8) is 0 Å². The van der Waals surface area contributed by atoms with E-state index in [9.17, 15) is 9.59 Å². The van der Waals surface area contributed by atoms with Crippen molar-refractivity contribution in [1.29, 1.82) is 0 Å². The molecule has 0 saturated heterocycles. The lowest BCUT2D eigenvalue weighted by Crippen LogP contribution is -2.46. The fraction of sp³-hybridized carbons (Fsp3) is 0.429. The molecular formula is C14H21N3O2S. The molecule has 6 heteroatoms. The highest BCUT2D eigenvalue weighted by Gasteiger charge is 2.15. The minimum atomic E-state index is -0.569. The van der Waals surface area contributed by atoms with Crippen LogP contribution in [0.15, 0.2) is 29.2 Å². The van der Waals surface area contributed by atoms with E-state index in [1.165, 1.54) is 0 Å². The Hall–Kier alpha value is -1.69. The van der Waals surface area contributed by atoms with E-state index in [-0.39, 0.29) is 11.9 Å². The van der Waals surface area contributed by atoms with Gasteiger partial charge in [-0.3, -0.25) is 4.79 Å². The molecular weight excluding hydrogens is 274 g/mol. The molecule has 20 heavy (non-hydrogen) atoms. The average Bonchev–Trinajstić information content (AvgIpc) is 2.41. The number of amides is 3. The van der Waals surface area contributed by atoms with Crippen molar-refractivity contribution in [1.82, 2.24) is 10.6 Å². The number of likely N-dealkylation sites (N-methyl/N-ethyl adjacent to an activating group) is 1. The van der Waals surface area contributed by atoms with Crippen LogP contribution in [-0.4, -0.2) is 30.3 Å². The summed E-state index contributed by atoms with van der Waals surface area (Å²) in [5, 5.41) is 8.04. The van der Waals surface area contributed by atoms with Crippen molar-refractivity contribution >= 4 is 29.4 Å². The van der Waals surface area contributed by atoms with Crippen LogP contribution in [0.2, 0.25) is 0 Å². The summed E-state index contributed by atoms with van der Waals surface area (Å²) in [6.07, 6.45) is 0. The summed E-state index contributed by atoms with van der Waals surface area (Å²) in [6, 6.07) is 6.64. The molecule has 110 valence electrons. The van der Waals surface area contributed by atoms with Gasteiger partial charge in [0.1, 0.15) is 6.04 Å². The van der Waals surface area contributed by atoms with Crippen LogP contribution in [0.25, 0.3) is 0 Å². The Morgan fingerprint density at radius 2 is 1.95 bits per heavy atom. The van der Waals surface area contributed by atoms with Crippen molar-refractivity contribution in [2.75, 3.05) is 17.6 Å². The molecule has 3 N–H and O–H groups in total. The van der Waals surface area contributed by atoms with Gasteiger partial charge in [-0.05, 0) is 31.7 Å². The van der Waals surface area contributed by atoms with Crippen LogP contribution in [0, 0.1) is 0 Å². The molecule has 5 nitrogen and oxygen atoms in total. The van der Waals surface area contributed by atoms with Gasteiger partial charge in [-0.2, -0.15) is 0 Å². The number of hydrogen-bond acceptors (Lipinski definition) is 3. The van der Waals surface area contributed by atoms with Gasteiger partial charge in [0.25, 0.3) is 0 Å². The Balaban J connectivity index is 2.60. The van der Waals surface area contributed by atoms with E-state index in [0.717, 1.165) is 16.3 Å². The number of anilines is 1. The third-order valence-electron chi connectivity index (χ3n) is 2.53. The molecule has 0 aliphatic carbocycles. The molecule has 0 fully saturated rings. The van der Waals surface area contributed by atoms with Crippen LogP contribution in [0.4, 0.5) is 10.5 Å². The SMILES string of the molecule is CCNC(=O)[C@H](C)NC(=O)Nc1ccccc1SCC. The summed E-state index contributed by atoms with van der Waals surface area (Å²) in [7, 11) is 0. The van der Waals surface area contributed by atoms with Gasteiger partial charge in [-0.25, -0.2) is 4.79 Å². The van der Waals surface area contributed by atoms with E-state index in [4.69, 9.17) is 0 Å². The minimum absolute atomic E-state index is 0.195. The molecule has 0 heterocycles. The Morgan fingerprint density at radius 3 is 2.60 bits per heavy atom. The van der Waals surface area contributed by atoms with Crippen LogP contribution in [0.5, 0.6) is 0 Å². The number of hydrogen-bond donors (Lipinski definition) is 3. The van der Waals surface area contributed by atoms with E-state index >= 15 is 0 Å². The summed E-state index contributed by atoms with van der Waals surface area (Å²) in [5.41, 5.74) is 0.750. The van der Waals surface area contributed by atoms with Crippen molar-refractivity contribution in [3.8, 4) is 0 Å². The van der Waals surface area contributed by atoms with Gasteiger partial charge >= 0.3 is 6.03 Å². The number of urea groups is 1. The summed E-state index contributed by atoms with van der Waals surface area (Å²) in [4.78, 5) is 24.4. The summed E-state index contributed by atoms with van der Waals surface area (Å²) in [6.45, 7) is 6.08. The molecule has 0 saturated carbocycles. The summed E-state index contributed by atoms with van der Waals surface area (Å²) in [5.74, 6) is 0.731. The molecule has 1 atom stereocenters. The number of benzene rings is 1.